The molecule has 1 amide bonds. The predicted octanol–water partition coefficient (Wildman–Crippen LogP) is 0.301. The predicted molar refractivity (Wildman–Crippen MR) is 64.1 cm³/mol. The van der Waals surface area contributed by atoms with E-state index in [0.29, 0.717) is 25.8 Å². The third-order valence-corrected chi connectivity index (χ3v) is 2.91. The molecule has 1 aliphatic carbocycles. The number of rotatable bonds is 5. The number of nitrogens with two attached hydrogens (primary N) is 1. The number of hydrogen-bond donors (Lipinski definition) is 1. The maximum Gasteiger partial charge on any atom is 0.305 e. The molecule has 5 nitrogen and oxygen atoms in total. The summed E-state index contributed by atoms with van der Waals surface area (Å²) >= 11 is 0. The Labute approximate surface area is 102 Å². The van der Waals surface area contributed by atoms with E-state index in [1.807, 2.05) is 12.2 Å². The topological polar surface area (TPSA) is 72.6 Å². The maximum atomic E-state index is 11.9. The van der Waals surface area contributed by atoms with E-state index in [4.69, 9.17) is 5.73 Å². The van der Waals surface area contributed by atoms with Gasteiger partial charge in [0, 0.05) is 26.1 Å². The molecule has 0 aromatic rings. The van der Waals surface area contributed by atoms with Crippen LogP contribution in [0, 0.1) is 5.92 Å². The highest BCUT2D eigenvalue weighted by Crippen LogP contribution is 2.18. The van der Waals surface area contributed by atoms with Crippen molar-refractivity contribution >= 4 is 11.9 Å². The van der Waals surface area contributed by atoms with Gasteiger partial charge in [-0.1, -0.05) is 12.2 Å². The van der Waals surface area contributed by atoms with Gasteiger partial charge >= 0.3 is 5.97 Å². The highest BCUT2D eigenvalue weighted by atomic mass is 16.5. The molecular formula is C12H20N2O3. The average Bonchev–Trinajstić information content (AvgIpc) is 2.74. The van der Waals surface area contributed by atoms with Crippen LogP contribution in [0.25, 0.3) is 0 Å². The summed E-state index contributed by atoms with van der Waals surface area (Å²) in [5.41, 5.74) is 5.70. The minimum absolute atomic E-state index is 0.00702. The molecule has 0 radical (unpaired) electrons. The fourth-order valence-corrected chi connectivity index (χ4v) is 1.87. The van der Waals surface area contributed by atoms with E-state index in [2.05, 4.69) is 4.74 Å². The van der Waals surface area contributed by atoms with Crippen LogP contribution >= 0.6 is 0 Å². The van der Waals surface area contributed by atoms with Crippen LogP contribution in [0.15, 0.2) is 12.2 Å². The molecule has 5 heteroatoms. The fraction of sp³-hybridized carbons (Fsp3) is 0.667. The summed E-state index contributed by atoms with van der Waals surface area (Å²) in [6.07, 6.45) is 5.38. The van der Waals surface area contributed by atoms with E-state index >= 15 is 0 Å². The van der Waals surface area contributed by atoms with E-state index in [1.54, 1.807) is 11.9 Å². The van der Waals surface area contributed by atoms with E-state index in [-0.39, 0.29) is 23.8 Å². The van der Waals surface area contributed by atoms with Crippen molar-refractivity contribution < 1.29 is 14.3 Å². The Morgan fingerprint density at radius 2 is 2.18 bits per heavy atom. The van der Waals surface area contributed by atoms with Gasteiger partial charge in [-0.2, -0.15) is 0 Å². The molecular weight excluding hydrogens is 220 g/mol. The number of methoxy groups -OCH3 is 1. The first-order chi connectivity index (χ1) is 8.04. The second-order valence-electron chi connectivity index (χ2n) is 4.33. The van der Waals surface area contributed by atoms with Crippen molar-refractivity contribution in [1.82, 2.24) is 4.90 Å². The normalized spacial score (nSPS) is 22.5. The Kier molecular flexibility index (Phi) is 5.15. The number of amides is 1. The van der Waals surface area contributed by atoms with Gasteiger partial charge < -0.3 is 15.4 Å². The maximum absolute atomic E-state index is 11.9. The third-order valence-electron chi connectivity index (χ3n) is 2.91. The lowest BCUT2D eigenvalue weighted by atomic mass is 10.1. The van der Waals surface area contributed by atoms with E-state index < -0.39 is 0 Å². The van der Waals surface area contributed by atoms with Crippen molar-refractivity contribution in [2.75, 3.05) is 20.7 Å². The molecule has 0 aliphatic heterocycles. The molecule has 0 aromatic carbocycles. The molecule has 2 N–H and O–H groups in total. The second kappa shape index (κ2) is 6.39. The zero-order chi connectivity index (χ0) is 12.8. The van der Waals surface area contributed by atoms with Crippen molar-refractivity contribution in [2.24, 2.45) is 11.7 Å². The minimum atomic E-state index is -0.242. The van der Waals surface area contributed by atoms with Crippen molar-refractivity contribution in [3.05, 3.63) is 12.2 Å². The first-order valence-electron chi connectivity index (χ1n) is 5.80. The molecule has 0 saturated carbocycles. The van der Waals surface area contributed by atoms with Gasteiger partial charge in [-0.3, -0.25) is 9.59 Å². The zero-order valence-electron chi connectivity index (χ0n) is 10.4. The molecule has 96 valence electrons. The Balaban J connectivity index is 2.28. The Morgan fingerprint density at radius 1 is 1.47 bits per heavy atom. The first-order valence-corrected chi connectivity index (χ1v) is 5.80. The molecule has 17 heavy (non-hydrogen) atoms. The van der Waals surface area contributed by atoms with Crippen LogP contribution in [0.3, 0.4) is 0 Å². The summed E-state index contributed by atoms with van der Waals surface area (Å²) in [4.78, 5) is 24.5. The van der Waals surface area contributed by atoms with Crippen LogP contribution in [0.4, 0.5) is 0 Å². The lowest BCUT2D eigenvalue weighted by Gasteiger charge is -2.20. The zero-order valence-corrected chi connectivity index (χ0v) is 10.4. The molecule has 1 aliphatic rings. The van der Waals surface area contributed by atoms with Gasteiger partial charge in [-0.15, -0.1) is 0 Å². The summed E-state index contributed by atoms with van der Waals surface area (Å²) in [5, 5.41) is 0. The van der Waals surface area contributed by atoms with Crippen molar-refractivity contribution in [2.45, 2.75) is 25.3 Å². The Hall–Kier alpha value is -1.36. The minimum Gasteiger partial charge on any atom is -0.469 e. The van der Waals surface area contributed by atoms with Crippen LogP contribution in [0.2, 0.25) is 0 Å². The van der Waals surface area contributed by atoms with Gasteiger partial charge in [-0.05, 0) is 12.8 Å². The molecule has 2 atom stereocenters. The monoisotopic (exact) mass is 240 g/mol. The highest BCUT2D eigenvalue weighted by molar-refractivity contribution is 5.81. The third kappa shape index (κ3) is 4.19. The van der Waals surface area contributed by atoms with Crippen molar-refractivity contribution in [3.63, 3.8) is 0 Å². The van der Waals surface area contributed by atoms with Gasteiger partial charge in [0.15, 0.2) is 0 Å². The largest absolute Gasteiger partial charge is 0.469 e. The summed E-state index contributed by atoms with van der Waals surface area (Å²) in [6, 6.07) is -0.00702. The summed E-state index contributed by atoms with van der Waals surface area (Å²) in [6.45, 7) is 0.563. The highest BCUT2D eigenvalue weighted by Gasteiger charge is 2.25. The van der Waals surface area contributed by atoms with Crippen LogP contribution in [-0.2, 0) is 14.3 Å². The molecule has 0 aromatic heterocycles. The quantitative estimate of drug-likeness (QED) is 0.554. The number of carbonyl (C=O) groups excluding carboxylic acids is 2. The molecule has 0 spiro atoms. The Bertz CT molecular complexity index is 315. The smallest absolute Gasteiger partial charge is 0.305 e. The average molecular weight is 240 g/mol. The molecule has 2 unspecified atom stereocenters. The van der Waals surface area contributed by atoms with Crippen molar-refractivity contribution in [1.29, 1.82) is 0 Å². The fourth-order valence-electron chi connectivity index (χ4n) is 1.87. The lowest BCUT2D eigenvalue weighted by molar-refractivity contribution is -0.141. The van der Waals surface area contributed by atoms with Crippen LogP contribution in [-0.4, -0.2) is 43.5 Å². The molecule has 1 rings (SSSR count). The second-order valence-corrected chi connectivity index (χ2v) is 4.33. The first kappa shape index (κ1) is 13.7. The number of nitrogens with zero attached hydrogens (tertiary/aromatic N) is 1. The number of carbonyl (C=O) groups is 2. The molecule has 0 fully saturated rings. The van der Waals surface area contributed by atoms with Crippen LogP contribution in [0.1, 0.15) is 19.3 Å². The standard InChI is InChI=1S/C12H20N2O3/c1-14(7-3-4-11(15)17-2)12(16)9-5-6-10(13)8-9/h5-6,9-10H,3-4,7-8,13H2,1-2H3. The van der Waals surface area contributed by atoms with Gasteiger partial charge in [0.25, 0.3) is 0 Å². The van der Waals surface area contributed by atoms with E-state index in [9.17, 15) is 9.59 Å². The van der Waals surface area contributed by atoms with Crippen LogP contribution in [0.5, 0.6) is 0 Å². The van der Waals surface area contributed by atoms with Crippen LogP contribution < -0.4 is 5.73 Å². The molecule has 0 heterocycles. The molecule has 0 bridgehead atoms. The summed E-state index contributed by atoms with van der Waals surface area (Å²) < 4.78 is 4.54. The SMILES string of the molecule is COC(=O)CCCN(C)C(=O)C1C=CC(N)C1. The van der Waals surface area contributed by atoms with E-state index in [1.165, 1.54) is 7.11 Å². The Morgan fingerprint density at radius 3 is 2.71 bits per heavy atom. The molecule has 0 saturated heterocycles. The van der Waals surface area contributed by atoms with Gasteiger partial charge in [-0.25, -0.2) is 0 Å². The van der Waals surface area contributed by atoms with Gasteiger partial charge in [0.2, 0.25) is 5.91 Å². The van der Waals surface area contributed by atoms with E-state index in [0.717, 1.165) is 0 Å². The lowest BCUT2D eigenvalue weighted by Crippen LogP contribution is -2.33. The number of esters is 1. The van der Waals surface area contributed by atoms with Gasteiger partial charge in [0.1, 0.15) is 0 Å². The number of ether oxygens (including phenoxy) is 1. The summed E-state index contributed by atoms with van der Waals surface area (Å²) in [7, 11) is 3.11. The summed E-state index contributed by atoms with van der Waals surface area (Å²) in [5.74, 6) is -0.277. The van der Waals surface area contributed by atoms with Gasteiger partial charge in [0.05, 0.1) is 13.0 Å². The van der Waals surface area contributed by atoms with Crippen molar-refractivity contribution in [3.8, 4) is 0 Å². The number of hydrogen-bond acceptors (Lipinski definition) is 4.